The second kappa shape index (κ2) is 7.05. The maximum Gasteiger partial charge on any atom is 0.331 e. The molecular formula is C19H20ClN9O2. The summed E-state index contributed by atoms with van der Waals surface area (Å²) >= 11 is 6.11. The molecule has 5 rings (SSSR count). The number of fused-ring (bicyclic) bond motifs is 1. The summed E-state index contributed by atoms with van der Waals surface area (Å²) in [5.41, 5.74) is 8.74. The van der Waals surface area contributed by atoms with Crippen molar-refractivity contribution in [3.8, 4) is 0 Å². The largest absolute Gasteiger partial charge is 0.366 e. The molecule has 0 aromatic carbocycles. The average Bonchev–Trinajstić information content (AvgIpc) is 3.46. The van der Waals surface area contributed by atoms with Crippen LogP contribution in [0.25, 0.3) is 5.65 Å². The Morgan fingerprint density at radius 1 is 1.23 bits per heavy atom. The number of aromatic nitrogens is 5. The first-order valence-corrected chi connectivity index (χ1v) is 10.2. The highest BCUT2D eigenvalue weighted by atomic mass is 35.5. The molecule has 160 valence electrons. The van der Waals surface area contributed by atoms with Crippen molar-refractivity contribution in [2.75, 3.05) is 36.2 Å². The van der Waals surface area contributed by atoms with Crippen molar-refractivity contribution in [2.45, 2.75) is 25.3 Å². The van der Waals surface area contributed by atoms with Crippen molar-refractivity contribution in [1.29, 1.82) is 0 Å². The number of amides is 3. The van der Waals surface area contributed by atoms with E-state index in [4.69, 9.17) is 22.3 Å². The van der Waals surface area contributed by atoms with E-state index in [1.165, 1.54) is 11.9 Å². The van der Waals surface area contributed by atoms with Crippen LogP contribution < -0.4 is 15.5 Å². The molecule has 0 atom stereocenters. The number of halogens is 1. The van der Waals surface area contributed by atoms with E-state index >= 15 is 0 Å². The van der Waals surface area contributed by atoms with Gasteiger partial charge < -0.3 is 15.0 Å². The molecule has 11 nitrogen and oxygen atoms in total. The minimum absolute atomic E-state index is 0.00268. The third-order valence-electron chi connectivity index (χ3n) is 5.53. The fraction of sp³-hybridized carbons (Fsp3) is 0.368. The lowest BCUT2D eigenvalue weighted by Gasteiger charge is -2.17. The van der Waals surface area contributed by atoms with Crippen LogP contribution in [0.4, 0.5) is 22.2 Å². The molecule has 0 unspecified atom stereocenters. The monoisotopic (exact) mass is 441 g/mol. The van der Waals surface area contributed by atoms with Crippen molar-refractivity contribution in [3.63, 3.8) is 0 Å². The smallest absolute Gasteiger partial charge is 0.331 e. The first-order chi connectivity index (χ1) is 14.8. The normalized spacial score (nSPS) is 16.6. The molecule has 2 N–H and O–H groups in total. The van der Waals surface area contributed by atoms with Crippen LogP contribution in [0.3, 0.4) is 0 Å². The van der Waals surface area contributed by atoms with Gasteiger partial charge >= 0.3 is 6.03 Å². The Labute approximate surface area is 182 Å². The number of anilines is 3. The molecule has 2 fully saturated rings. The predicted octanol–water partition coefficient (Wildman–Crippen LogP) is 1.67. The van der Waals surface area contributed by atoms with E-state index in [0.717, 1.165) is 29.0 Å². The number of urea groups is 1. The molecule has 4 heterocycles. The van der Waals surface area contributed by atoms with Crippen LogP contribution in [0.1, 0.15) is 30.0 Å². The number of nitrogen functional groups attached to an aromatic ring is 1. The van der Waals surface area contributed by atoms with E-state index in [1.54, 1.807) is 11.9 Å². The molecule has 0 radical (unpaired) electrons. The van der Waals surface area contributed by atoms with Crippen LogP contribution in [-0.4, -0.2) is 62.0 Å². The molecule has 0 bridgehead atoms. The number of likely N-dealkylation sites (N-methyl/N-ethyl adjacent to an activating group) is 1. The number of hydrogen-bond donors (Lipinski definition) is 1. The summed E-state index contributed by atoms with van der Waals surface area (Å²) in [4.78, 5) is 38.0. The van der Waals surface area contributed by atoms with Crippen LogP contribution in [0, 0.1) is 0 Å². The summed E-state index contributed by atoms with van der Waals surface area (Å²) < 4.78 is 1.91. The molecule has 31 heavy (non-hydrogen) atoms. The highest BCUT2D eigenvalue weighted by molar-refractivity contribution is 6.31. The Morgan fingerprint density at radius 3 is 2.68 bits per heavy atom. The number of rotatable bonds is 5. The standard InChI is InChI=1S/C19H20ClN9O2/c1-26(17-15(20)24-25-18(21)23-17)7-12-8-28-6-11(10-3-4-10)5-13(16(28)22-12)29-9-14(30)27(2)19(29)31/h5-6,8,10H,3-4,7,9H2,1-2H3,(H2,21,23,25). The fourth-order valence-electron chi connectivity index (χ4n) is 3.73. The summed E-state index contributed by atoms with van der Waals surface area (Å²) in [7, 11) is 3.29. The number of carbonyl (C=O) groups excluding carboxylic acids is 2. The third-order valence-corrected chi connectivity index (χ3v) is 5.78. The zero-order chi connectivity index (χ0) is 21.9. The third kappa shape index (κ3) is 3.40. The van der Waals surface area contributed by atoms with Gasteiger partial charge in [-0.05, 0) is 30.4 Å². The van der Waals surface area contributed by atoms with Crippen molar-refractivity contribution < 1.29 is 9.59 Å². The Bertz CT molecular complexity index is 1220. The van der Waals surface area contributed by atoms with Gasteiger partial charge in [0, 0.05) is 26.5 Å². The van der Waals surface area contributed by atoms with Gasteiger partial charge in [0.05, 0.1) is 17.9 Å². The molecule has 1 saturated carbocycles. The van der Waals surface area contributed by atoms with Gasteiger partial charge in [0.25, 0.3) is 0 Å². The first-order valence-electron chi connectivity index (χ1n) is 9.78. The summed E-state index contributed by atoms with van der Waals surface area (Å²) in [6, 6.07) is 1.62. The number of pyridine rings is 1. The van der Waals surface area contributed by atoms with Crippen molar-refractivity contribution in [1.82, 2.24) is 29.5 Å². The second-order valence-corrected chi connectivity index (χ2v) is 8.22. The molecular weight excluding hydrogens is 422 g/mol. The Balaban J connectivity index is 1.53. The van der Waals surface area contributed by atoms with Crippen LogP contribution >= 0.6 is 11.6 Å². The van der Waals surface area contributed by atoms with Gasteiger partial charge in [0.1, 0.15) is 6.54 Å². The summed E-state index contributed by atoms with van der Waals surface area (Å²) in [5, 5.41) is 7.57. The SMILES string of the molecule is CN1C(=O)CN(c2cc(C3CC3)cn3cc(CN(C)c4nc(N)nnc4Cl)nc23)C1=O. The Hall–Kier alpha value is -3.47. The van der Waals surface area contributed by atoms with E-state index < -0.39 is 0 Å². The maximum atomic E-state index is 12.6. The minimum atomic E-state index is -0.351. The van der Waals surface area contributed by atoms with Gasteiger partial charge in [0.2, 0.25) is 11.9 Å². The topological polar surface area (TPSA) is 126 Å². The number of imide groups is 1. The van der Waals surface area contributed by atoms with Gasteiger partial charge in [-0.2, -0.15) is 4.98 Å². The van der Waals surface area contributed by atoms with Gasteiger partial charge in [-0.15, -0.1) is 10.2 Å². The molecule has 3 amide bonds. The molecule has 1 saturated heterocycles. The molecule has 0 spiro atoms. The number of nitrogens with zero attached hydrogens (tertiary/aromatic N) is 8. The number of nitrogens with two attached hydrogens (primary N) is 1. The number of carbonyl (C=O) groups is 2. The van der Waals surface area contributed by atoms with Crippen LogP contribution in [-0.2, 0) is 11.3 Å². The quantitative estimate of drug-likeness (QED) is 0.592. The first kappa shape index (κ1) is 19.5. The molecule has 2 aliphatic rings. The minimum Gasteiger partial charge on any atom is -0.366 e. The number of hydrogen-bond acceptors (Lipinski definition) is 8. The highest BCUT2D eigenvalue weighted by Gasteiger charge is 2.36. The predicted molar refractivity (Wildman–Crippen MR) is 114 cm³/mol. The van der Waals surface area contributed by atoms with Gasteiger partial charge in [-0.1, -0.05) is 11.6 Å². The van der Waals surface area contributed by atoms with Gasteiger partial charge in [-0.3, -0.25) is 14.6 Å². The van der Waals surface area contributed by atoms with Crippen molar-refractivity contribution in [3.05, 3.63) is 34.9 Å². The van der Waals surface area contributed by atoms with Crippen LogP contribution in [0.2, 0.25) is 5.15 Å². The van der Waals surface area contributed by atoms with E-state index in [9.17, 15) is 9.59 Å². The van der Waals surface area contributed by atoms with E-state index in [2.05, 4.69) is 15.2 Å². The average molecular weight is 442 g/mol. The van der Waals surface area contributed by atoms with Gasteiger partial charge in [0.15, 0.2) is 16.6 Å². The lowest BCUT2D eigenvalue weighted by atomic mass is 10.1. The Morgan fingerprint density at radius 2 is 2.00 bits per heavy atom. The molecule has 12 heteroatoms. The van der Waals surface area contributed by atoms with E-state index in [-0.39, 0.29) is 29.6 Å². The molecule has 1 aliphatic carbocycles. The lowest BCUT2D eigenvalue weighted by Crippen LogP contribution is -2.30. The van der Waals surface area contributed by atoms with Crippen LogP contribution in [0.5, 0.6) is 0 Å². The van der Waals surface area contributed by atoms with E-state index in [1.807, 2.05) is 22.9 Å². The van der Waals surface area contributed by atoms with Crippen molar-refractivity contribution >= 4 is 46.6 Å². The maximum absolute atomic E-state index is 12.6. The molecule has 3 aromatic heterocycles. The number of imidazole rings is 1. The van der Waals surface area contributed by atoms with Crippen molar-refractivity contribution in [2.24, 2.45) is 0 Å². The molecule has 1 aliphatic heterocycles. The second-order valence-electron chi connectivity index (χ2n) is 7.86. The summed E-state index contributed by atoms with van der Waals surface area (Å²) in [6.45, 7) is 0.382. The van der Waals surface area contributed by atoms with E-state index in [0.29, 0.717) is 29.6 Å². The van der Waals surface area contributed by atoms with Gasteiger partial charge in [-0.25, -0.2) is 9.78 Å². The fourth-order valence-corrected chi connectivity index (χ4v) is 3.95. The zero-order valence-electron chi connectivity index (χ0n) is 17.0. The molecule has 3 aromatic rings. The lowest BCUT2D eigenvalue weighted by molar-refractivity contribution is -0.123. The highest BCUT2D eigenvalue weighted by Crippen LogP contribution is 2.42. The Kier molecular flexibility index (Phi) is 4.43. The zero-order valence-corrected chi connectivity index (χ0v) is 17.7. The summed E-state index contributed by atoms with van der Waals surface area (Å²) in [5.74, 6) is 0.651. The summed E-state index contributed by atoms with van der Waals surface area (Å²) in [6.07, 6.45) is 6.17. The van der Waals surface area contributed by atoms with Crippen LogP contribution in [0.15, 0.2) is 18.5 Å².